The van der Waals surface area contributed by atoms with E-state index in [0.29, 0.717) is 24.8 Å². The summed E-state index contributed by atoms with van der Waals surface area (Å²) >= 11 is 0. The van der Waals surface area contributed by atoms with Crippen molar-refractivity contribution in [3.63, 3.8) is 0 Å². The summed E-state index contributed by atoms with van der Waals surface area (Å²) in [5.74, 6) is -1.25. The molecule has 1 amide bonds. The van der Waals surface area contributed by atoms with Gasteiger partial charge >= 0.3 is 0 Å². The molecular weight excluding hydrogens is 392 g/mol. The molecule has 0 aliphatic heterocycles. The van der Waals surface area contributed by atoms with Crippen molar-refractivity contribution < 1.29 is 18.3 Å². The van der Waals surface area contributed by atoms with Crippen LogP contribution in [0.2, 0.25) is 0 Å². The number of ether oxygens (including phenoxy) is 1. The number of aromatic nitrogens is 2. The zero-order valence-corrected chi connectivity index (χ0v) is 16.4. The standard InChI is InChI=1S/C22H21F2N3O3/c1-2-30-17-8-5-15(6-9-17)19-11-12-22(29)27(26-19)13-3-4-21(28)25-20-10-7-16(23)14-18(20)24/h5-12,14H,2-4,13H2,1H3,(H,25,28). The Morgan fingerprint density at radius 2 is 1.87 bits per heavy atom. The van der Waals surface area contributed by atoms with Crippen LogP contribution in [-0.2, 0) is 11.3 Å². The zero-order chi connectivity index (χ0) is 21.5. The molecule has 0 fully saturated rings. The Labute approximate surface area is 172 Å². The van der Waals surface area contributed by atoms with Crippen LogP contribution >= 0.6 is 0 Å². The predicted octanol–water partition coefficient (Wildman–Crippen LogP) is 4.01. The van der Waals surface area contributed by atoms with E-state index in [-0.39, 0.29) is 24.2 Å². The first kappa shape index (κ1) is 21.2. The van der Waals surface area contributed by atoms with Gasteiger partial charge in [-0.25, -0.2) is 13.5 Å². The van der Waals surface area contributed by atoms with Gasteiger partial charge in [0, 0.05) is 30.7 Å². The van der Waals surface area contributed by atoms with Gasteiger partial charge in [0.2, 0.25) is 5.91 Å². The number of amides is 1. The number of carbonyl (C=O) groups is 1. The highest BCUT2D eigenvalue weighted by atomic mass is 19.1. The van der Waals surface area contributed by atoms with Crippen LogP contribution in [0.15, 0.2) is 59.4 Å². The highest BCUT2D eigenvalue weighted by Gasteiger charge is 2.09. The molecule has 3 rings (SSSR count). The fourth-order valence-electron chi connectivity index (χ4n) is 2.84. The fraction of sp³-hybridized carbons (Fsp3) is 0.227. The normalized spacial score (nSPS) is 10.6. The summed E-state index contributed by atoms with van der Waals surface area (Å²) in [6, 6.07) is 13.4. The smallest absolute Gasteiger partial charge is 0.266 e. The van der Waals surface area contributed by atoms with Crippen LogP contribution in [0, 0.1) is 11.6 Å². The number of hydrogen-bond donors (Lipinski definition) is 1. The fourth-order valence-corrected chi connectivity index (χ4v) is 2.84. The third kappa shape index (κ3) is 5.50. The maximum Gasteiger partial charge on any atom is 0.266 e. The first-order valence-corrected chi connectivity index (χ1v) is 9.52. The zero-order valence-electron chi connectivity index (χ0n) is 16.4. The predicted molar refractivity (Wildman–Crippen MR) is 109 cm³/mol. The first-order chi connectivity index (χ1) is 14.5. The molecule has 8 heteroatoms. The summed E-state index contributed by atoms with van der Waals surface area (Å²) in [5, 5.41) is 6.74. The molecule has 1 N–H and O–H groups in total. The number of nitrogens with zero attached hydrogens (tertiary/aromatic N) is 2. The number of carbonyl (C=O) groups excluding carboxylic acids is 1. The second-order valence-corrected chi connectivity index (χ2v) is 6.51. The molecule has 3 aromatic rings. The molecule has 0 unspecified atom stereocenters. The maximum absolute atomic E-state index is 13.6. The van der Waals surface area contributed by atoms with Gasteiger partial charge in [-0.2, -0.15) is 5.10 Å². The molecule has 1 heterocycles. The summed E-state index contributed by atoms with van der Waals surface area (Å²) < 4.78 is 33.2. The second-order valence-electron chi connectivity index (χ2n) is 6.51. The lowest BCUT2D eigenvalue weighted by atomic mass is 10.1. The summed E-state index contributed by atoms with van der Waals surface area (Å²) in [7, 11) is 0. The average molecular weight is 413 g/mol. The van der Waals surface area contributed by atoms with E-state index in [2.05, 4.69) is 10.4 Å². The molecule has 1 aromatic heterocycles. The molecular formula is C22H21F2N3O3. The lowest BCUT2D eigenvalue weighted by Crippen LogP contribution is -2.23. The van der Waals surface area contributed by atoms with Crippen LogP contribution in [0.5, 0.6) is 5.75 Å². The van der Waals surface area contributed by atoms with Crippen LogP contribution in [0.3, 0.4) is 0 Å². The number of rotatable bonds is 8. The van der Waals surface area contributed by atoms with Crippen molar-refractivity contribution in [3.8, 4) is 17.0 Å². The SMILES string of the molecule is CCOc1ccc(-c2ccc(=O)n(CCCC(=O)Nc3ccc(F)cc3F)n2)cc1. The molecule has 156 valence electrons. The van der Waals surface area contributed by atoms with E-state index in [0.717, 1.165) is 23.4 Å². The van der Waals surface area contributed by atoms with E-state index in [4.69, 9.17) is 4.74 Å². The summed E-state index contributed by atoms with van der Waals surface area (Å²) in [6.07, 6.45) is 0.381. The van der Waals surface area contributed by atoms with E-state index in [9.17, 15) is 18.4 Å². The van der Waals surface area contributed by atoms with Gasteiger partial charge < -0.3 is 10.1 Å². The molecule has 30 heavy (non-hydrogen) atoms. The minimum Gasteiger partial charge on any atom is -0.494 e. The first-order valence-electron chi connectivity index (χ1n) is 9.52. The molecule has 0 spiro atoms. The van der Waals surface area contributed by atoms with Crippen molar-refractivity contribution in [1.29, 1.82) is 0 Å². The van der Waals surface area contributed by atoms with E-state index < -0.39 is 17.5 Å². The average Bonchev–Trinajstić information content (AvgIpc) is 2.72. The number of hydrogen-bond acceptors (Lipinski definition) is 4. The molecule has 0 aliphatic rings. The van der Waals surface area contributed by atoms with Gasteiger partial charge in [0.15, 0.2) is 0 Å². The van der Waals surface area contributed by atoms with Gasteiger partial charge in [-0.05, 0) is 55.8 Å². The number of nitrogens with one attached hydrogen (secondary N) is 1. The molecule has 0 bridgehead atoms. The topological polar surface area (TPSA) is 73.2 Å². The summed E-state index contributed by atoms with van der Waals surface area (Å²) in [4.78, 5) is 24.1. The highest BCUT2D eigenvalue weighted by Crippen LogP contribution is 2.20. The third-order valence-corrected chi connectivity index (χ3v) is 4.31. The quantitative estimate of drug-likeness (QED) is 0.606. The minimum absolute atomic E-state index is 0.0538. The molecule has 2 aromatic carbocycles. The van der Waals surface area contributed by atoms with E-state index >= 15 is 0 Å². The number of aryl methyl sites for hydroxylation is 1. The lowest BCUT2D eigenvalue weighted by Gasteiger charge is -2.09. The van der Waals surface area contributed by atoms with Crippen LogP contribution in [-0.4, -0.2) is 22.3 Å². The molecule has 0 saturated carbocycles. The third-order valence-electron chi connectivity index (χ3n) is 4.31. The van der Waals surface area contributed by atoms with Crippen LogP contribution < -0.4 is 15.6 Å². The maximum atomic E-state index is 13.6. The molecule has 6 nitrogen and oxygen atoms in total. The Morgan fingerprint density at radius 1 is 1.10 bits per heavy atom. The molecule has 0 radical (unpaired) electrons. The second kappa shape index (κ2) is 9.78. The van der Waals surface area contributed by atoms with Crippen LogP contribution in [0.1, 0.15) is 19.8 Å². The van der Waals surface area contributed by atoms with E-state index in [1.54, 1.807) is 6.07 Å². The van der Waals surface area contributed by atoms with Gasteiger partial charge in [-0.3, -0.25) is 9.59 Å². The molecule has 0 aliphatic carbocycles. The van der Waals surface area contributed by atoms with Crippen molar-refractivity contribution in [2.45, 2.75) is 26.3 Å². The Hall–Kier alpha value is -3.55. The van der Waals surface area contributed by atoms with Crippen molar-refractivity contribution in [3.05, 3.63) is 76.6 Å². The minimum atomic E-state index is -0.843. The van der Waals surface area contributed by atoms with Gasteiger partial charge in [0.25, 0.3) is 5.56 Å². The summed E-state index contributed by atoms with van der Waals surface area (Å²) in [5.41, 5.74) is 1.08. The monoisotopic (exact) mass is 413 g/mol. The van der Waals surface area contributed by atoms with Crippen LogP contribution in [0.4, 0.5) is 14.5 Å². The Kier molecular flexibility index (Phi) is 6.90. The number of halogens is 2. The van der Waals surface area contributed by atoms with Crippen molar-refractivity contribution in [2.75, 3.05) is 11.9 Å². The van der Waals surface area contributed by atoms with Crippen molar-refractivity contribution >= 4 is 11.6 Å². The number of benzene rings is 2. The highest BCUT2D eigenvalue weighted by molar-refractivity contribution is 5.90. The summed E-state index contributed by atoms with van der Waals surface area (Å²) in [6.45, 7) is 2.70. The van der Waals surface area contributed by atoms with Crippen molar-refractivity contribution in [2.24, 2.45) is 0 Å². The van der Waals surface area contributed by atoms with E-state index in [1.807, 2.05) is 31.2 Å². The largest absolute Gasteiger partial charge is 0.494 e. The molecule has 0 saturated heterocycles. The Balaban J connectivity index is 1.60. The van der Waals surface area contributed by atoms with Crippen LogP contribution in [0.25, 0.3) is 11.3 Å². The number of anilines is 1. The van der Waals surface area contributed by atoms with Gasteiger partial charge in [0.05, 0.1) is 18.0 Å². The Bertz CT molecular complexity index is 1080. The Morgan fingerprint density at radius 3 is 2.57 bits per heavy atom. The van der Waals surface area contributed by atoms with Crippen molar-refractivity contribution in [1.82, 2.24) is 9.78 Å². The van der Waals surface area contributed by atoms with Gasteiger partial charge in [-0.1, -0.05) is 0 Å². The lowest BCUT2D eigenvalue weighted by molar-refractivity contribution is -0.116. The van der Waals surface area contributed by atoms with E-state index in [1.165, 1.54) is 10.7 Å². The van der Waals surface area contributed by atoms with Gasteiger partial charge in [0.1, 0.15) is 17.4 Å². The van der Waals surface area contributed by atoms with Gasteiger partial charge in [-0.15, -0.1) is 0 Å². The molecule has 0 atom stereocenters.